The molecule has 5 nitrogen and oxygen atoms in total. The van der Waals surface area contributed by atoms with Crippen LogP contribution in [0.15, 0.2) is 78.5 Å². The average Bonchev–Trinajstić information content (AvgIpc) is 3.24. The number of aromatic nitrogens is 1. The predicted octanol–water partition coefficient (Wildman–Crippen LogP) is 6.05. The number of para-hydroxylation sites is 1. The maximum Gasteiger partial charge on any atom is 0.329 e. The summed E-state index contributed by atoms with van der Waals surface area (Å²) in [6, 6.07) is 23.3. The van der Waals surface area contributed by atoms with Crippen molar-refractivity contribution in [1.29, 1.82) is 0 Å². The Morgan fingerprint density at radius 1 is 0.882 bits per heavy atom. The molecule has 0 radical (unpaired) electrons. The Balaban J connectivity index is 1.50. The van der Waals surface area contributed by atoms with Gasteiger partial charge in [-0.15, -0.1) is 0 Å². The number of carbonyl (C=O) groups is 2. The van der Waals surface area contributed by atoms with Gasteiger partial charge in [0, 0.05) is 33.7 Å². The molecule has 2 heterocycles. The van der Waals surface area contributed by atoms with Crippen LogP contribution >= 0.6 is 11.6 Å². The van der Waals surface area contributed by atoms with Crippen molar-refractivity contribution >= 4 is 40.5 Å². The van der Waals surface area contributed by atoms with Crippen LogP contribution < -0.4 is 5.32 Å². The van der Waals surface area contributed by atoms with Crippen molar-refractivity contribution in [2.24, 2.45) is 0 Å². The van der Waals surface area contributed by atoms with Crippen LogP contribution in [0.3, 0.4) is 0 Å². The van der Waals surface area contributed by atoms with Crippen molar-refractivity contribution in [2.75, 3.05) is 0 Å². The normalized spacial score (nSPS) is 14.9. The molecule has 170 valence electrons. The number of imide groups is 1. The number of halogens is 1. The maximum absolute atomic E-state index is 13.1. The molecule has 1 aromatic heterocycles. The van der Waals surface area contributed by atoms with Gasteiger partial charge in [-0.05, 0) is 49.2 Å². The first-order valence-electron chi connectivity index (χ1n) is 11.1. The van der Waals surface area contributed by atoms with Crippen LogP contribution in [0.2, 0.25) is 5.02 Å². The molecule has 4 aromatic rings. The molecule has 3 amide bonds. The van der Waals surface area contributed by atoms with Gasteiger partial charge in [-0.3, -0.25) is 9.69 Å². The first kappa shape index (κ1) is 22.0. The number of hydrogen-bond acceptors (Lipinski definition) is 2. The van der Waals surface area contributed by atoms with E-state index in [4.69, 9.17) is 11.6 Å². The van der Waals surface area contributed by atoms with Crippen molar-refractivity contribution in [3.8, 4) is 0 Å². The zero-order valence-electron chi connectivity index (χ0n) is 19.0. The second-order valence-corrected chi connectivity index (χ2v) is 9.03. The van der Waals surface area contributed by atoms with E-state index in [1.165, 1.54) is 4.90 Å². The third-order valence-corrected chi connectivity index (χ3v) is 6.46. The lowest BCUT2D eigenvalue weighted by atomic mass is 10.1. The van der Waals surface area contributed by atoms with E-state index in [1.807, 2.05) is 80.6 Å². The summed E-state index contributed by atoms with van der Waals surface area (Å²) in [5.74, 6) is -0.319. The molecule has 0 saturated carbocycles. The van der Waals surface area contributed by atoms with Gasteiger partial charge in [0.2, 0.25) is 0 Å². The lowest BCUT2D eigenvalue weighted by Crippen LogP contribution is -2.30. The van der Waals surface area contributed by atoms with Gasteiger partial charge in [0.05, 0.1) is 6.54 Å². The highest BCUT2D eigenvalue weighted by atomic mass is 35.5. The SMILES string of the molecule is Cc1cccc(CN2C(=O)N/C(=C/c3c(C)n(Cc4ccc(Cl)cc4)c4ccccc34)C2=O)c1. The average molecular weight is 470 g/mol. The van der Waals surface area contributed by atoms with Crippen LogP contribution in [0.25, 0.3) is 17.0 Å². The summed E-state index contributed by atoms with van der Waals surface area (Å²) in [6.45, 7) is 4.94. The largest absolute Gasteiger partial charge is 0.340 e. The van der Waals surface area contributed by atoms with Crippen molar-refractivity contribution in [1.82, 2.24) is 14.8 Å². The molecule has 0 atom stereocenters. The summed E-state index contributed by atoms with van der Waals surface area (Å²) in [6.07, 6.45) is 1.80. The van der Waals surface area contributed by atoms with Crippen molar-refractivity contribution < 1.29 is 9.59 Å². The van der Waals surface area contributed by atoms with Gasteiger partial charge < -0.3 is 9.88 Å². The molecule has 1 N–H and O–H groups in total. The minimum absolute atomic E-state index is 0.237. The molecule has 1 fully saturated rings. The van der Waals surface area contributed by atoms with E-state index in [0.717, 1.165) is 38.9 Å². The number of rotatable bonds is 5. The summed E-state index contributed by atoms with van der Waals surface area (Å²) in [4.78, 5) is 27.0. The van der Waals surface area contributed by atoms with Gasteiger partial charge in [-0.1, -0.05) is 71.8 Å². The molecular formula is C28H24ClN3O2. The highest BCUT2D eigenvalue weighted by Gasteiger charge is 2.34. The lowest BCUT2D eigenvalue weighted by Gasteiger charge is -2.12. The highest BCUT2D eigenvalue weighted by molar-refractivity contribution is 6.30. The lowest BCUT2D eigenvalue weighted by molar-refractivity contribution is -0.123. The van der Waals surface area contributed by atoms with Crippen LogP contribution in [-0.4, -0.2) is 21.4 Å². The van der Waals surface area contributed by atoms with E-state index in [-0.39, 0.29) is 18.1 Å². The Hall–Kier alpha value is -3.83. The first-order valence-corrected chi connectivity index (χ1v) is 11.5. The van der Waals surface area contributed by atoms with Crippen molar-refractivity contribution in [3.63, 3.8) is 0 Å². The fraction of sp³-hybridized carbons (Fsp3) is 0.143. The minimum atomic E-state index is -0.402. The minimum Gasteiger partial charge on any atom is -0.340 e. The van der Waals surface area contributed by atoms with Crippen LogP contribution in [-0.2, 0) is 17.9 Å². The fourth-order valence-corrected chi connectivity index (χ4v) is 4.59. The maximum atomic E-state index is 13.1. The van der Waals surface area contributed by atoms with Gasteiger partial charge in [0.15, 0.2) is 0 Å². The summed E-state index contributed by atoms with van der Waals surface area (Å²) in [5.41, 5.74) is 6.42. The number of carbonyl (C=O) groups excluding carboxylic acids is 2. The molecule has 0 aliphatic carbocycles. The highest BCUT2D eigenvalue weighted by Crippen LogP contribution is 2.30. The van der Waals surface area contributed by atoms with Gasteiger partial charge in [0.1, 0.15) is 5.70 Å². The standard InChI is InChI=1S/C28H24ClN3O2/c1-18-6-5-7-21(14-18)17-32-27(33)25(30-28(32)34)15-24-19(2)31(26-9-4-3-8-23(24)26)16-20-10-12-22(29)13-11-20/h3-15H,16-17H2,1-2H3,(H,30,34)/b25-15+. The number of aryl methyl sites for hydroxylation is 1. The van der Waals surface area contributed by atoms with Crippen LogP contribution in [0, 0.1) is 13.8 Å². The van der Waals surface area contributed by atoms with E-state index in [0.29, 0.717) is 11.6 Å². The molecule has 0 spiro atoms. The van der Waals surface area contributed by atoms with Gasteiger partial charge in [0.25, 0.3) is 5.91 Å². The fourth-order valence-electron chi connectivity index (χ4n) is 4.47. The van der Waals surface area contributed by atoms with Crippen molar-refractivity contribution in [2.45, 2.75) is 26.9 Å². The molecule has 3 aromatic carbocycles. The molecule has 34 heavy (non-hydrogen) atoms. The molecule has 6 heteroatoms. The molecular weight excluding hydrogens is 446 g/mol. The van der Waals surface area contributed by atoms with E-state index >= 15 is 0 Å². The number of urea groups is 1. The number of hydrogen-bond donors (Lipinski definition) is 1. The monoisotopic (exact) mass is 469 g/mol. The molecule has 0 bridgehead atoms. The Bertz CT molecular complexity index is 1450. The molecule has 1 aliphatic rings. The zero-order valence-corrected chi connectivity index (χ0v) is 19.8. The topological polar surface area (TPSA) is 54.3 Å². The predicted molar refractivity (Wildman–Crippen MR) is 135 cm³/mol. The van der Waals surface area contributed by atoms with Crippen LogP contribution in [0.1, 0.15) is 27.9 Å². The Morgan fingerprint density at radius 2 is 1.65 bits per heavy atom. The molecule has 1 aliphatic heterocycles. The van der Waals surface area contributed by atoms with Gasteiger partial charge in [-0.25, -0.2) is 4.79 Å². The number of nitrogens with zero attached hydrogens (tertiary/aromatic N) is 2. The second kappa shape index (κ2) is 8.84. The Kier molecular flexibility index (Phi) is 5.72. The summed E-state index contributed by atoms with van der Waals surface area (Å²) in [7, 11) is 0. The van der Waals surface area contributed by atoms with Gasteiger partial charge >= 0.3 is 6.03 Å². The number of nitrogens with one attached hydrogen (secondary N) is 1. The quantitative estimate of drug-likeness (QED) is 0.285. The van der Waals surface area contributed by atoms with E-state index in [9.17, 15) is 9.59 Å². The molecule has 5 rings (SSSR count). The smallest absolute Gasteiger partial charge is 0.329 e. The number of fused-ring (bicyclic) bond motifs is 1. The van der Waals surface area contributed by atoms with E-state index in [1.54, 1.807) is 6.08 Å². The number of benzene rings is 3. The Morgan fingerprint density at radius 3 is 2.41 bits per heavy atom. The molecule has 0 unspecified atom stereocenters. The van der Waals surface area contributed by atoms with Crippen LogP contribution in [0.4, 0.5) is 4.79 Å². The van der Waals surface area contributed by atoms with E-state index in [2.05, 4.69) is 16.0 Å². The Labute approximate surface area is 203 Å². The summed E-state index contributed by atoms with van der Waals surface area (Å²) >= 11 is 6.05. The van der Waals surface area contributed by atoms with Gasteiger partial charge in [-0.2, -0.15) is 0 Å². The third-order valence-electron chi connectivity index (χ3n) is 6.21. The van der Waals surface area contributed by atoms with E-state index < -0.39 is 6.03 Å². The molecule has 1 saturated heterocycles. The zero-order chi connectivity index (χ0) is 23.8. The summed E-state index contributed by atoms with van der Waals surface area (Å²) < 4.78 is 2.22. The number of amides is 3. The van der Waals surface area contributed by atoms with Crippen molar-refractivity contribution in [3.05, 3.63) is 111 Å². The second-order valence-electron chi connectivity index (χ2n) is 8.60. The summed E-state index contributed by atoms with van der Waals surface area (Å²) in [5, 5.41) is 4.50. The third kappa shape index (κ3) is 4.11. The first-order chi connectivity index (χ1) is 16.4. The van der Waals surface area contributed by atoms with Crippen LogP contribution in [0.5, 0.6) is 0 Å².